The Labute approximate surface area is 326 Å². The molecule has 0 aliphatic carbocycles. The van der Waals surface area contributed by atoms with E-state index < -0.39 is 0 Å². The van der Waals surface area contributed by atoms with Crippen LogP contribution in [0.4, 0.5) is 0 Å². The minimum absolute atomic E-state index is 0.587. The third-order valence-corrected chi connectivity index (χ3v) is 11.5. The second-order valence-corrected chi connectivity index (χ2v) is 14.9. The van der Waals surface area contributed by atoms with E-state index in [1.807, 2.05) is 48.5 Å². The van der Waals surface area contributed by atoms with Gasteiger partial charge in [-0.2, -0.15) is 0 Å². The minimum Gasteiger partial charge on any atom is -0.456 e. The smallest absolute Gasteiger partial charge is 0.164 e. The van der Waals surface area contributed by atoms with Crippen molar-refractivity contribution in [1.82, 2.24) is 19.9 Å². The quantitative estimate of drug-likeness (QED) is 0.170. The molecule has 0 saturated carbocycles. The molecular formula is C50H30N4OS. The first-order chi connectivity index (χ1) is 27.7. The van der Waals surface area contributed by atoms with Crippen molar-refractivity contribution in [3.63, 3.8) is 0 Å². The van der Waals surface area contributed by atoms with Gasteiger partial charge in [-0.05, 0) is 45.2 Å². The predicted molar refractivity (Wildman–Crippen MR) is 230 cm³/mol. The van der Waals surface area contributed by atoms with Gasteiger partial charge in [-0.15, -0.1) is 11.3 Å². The number of aromatic nitrogens is 4. The molecule has 5 nitrogen and oxygen atoms in total. The van der Waals surface area contributed by atoms with Gasteiger partial charge in [0.1, 0.15) is 16.2 Å². The lowest BCUT2D eigenvalue weighted by Crippen LogP contribution is -2.00. The third-order valence-electron chi connectivity index (χ3n) is 10.4. The van der Waals surface area contributed by atoms with Crippen LogP contribution in [-0.4, -0.2) is 19.9 Å². The predicted octanol–water partition coefficient (Wildman–Crippen LogP) is 13.5. The van der Waals surface area contributed by atoms with Crippen molar-refractivity contribution in [3.8, 4) is 67.0 Å². The fraction of sp³-hybridized carbons (Fsp3) is 0. The van der Waals surface area contributed by atoms with E-state index in [2.05, 4.69) is 133 Å². The van der Waals surface area contributed by atoms with Crippen molar-refractivity contribution in [2.45, 2.75) is 0 Å². The SMILES string of the molecule is c1ccc(-c2ccc(-c3nc4cc5oc6cccc(-c7nc(-c8ccccc8)nc(-c8ccc(-c9cccc%10ccccc9%10)cc8)n7)c6c5cc4s3)cc2)cc1. The molecule has 0 aliphatic rings. The Morgan fingerprint density at radius 3 is 1.73 bits per heavy atom. The molecule has 3 aromatic heterocycles. The van der Waals surface area contributed by atoms with Gasteiger partial charge in [0.2, 0.25) is 0 Å². The van der Waals surface area contributed by atoms with Gasteiger partial charge in [-0.1, -0.05) is 164 Å². The number of rotatable bonds is 6. The van der Waals surface area contributed by atoms with Crippen LogP contribution in [0.15, 0.2) is 186 Å². The summed E-state index contributed by atoms with van der Waals surface area (Å²) in [6.07, 6.45) is 0. The van der Waals surface area contributed by atoms with Gasteiger partial charge in [-0.3, -0.25) is 0 Å². The van der Waals surface area contributed by atoms with E-state index in [0.717, 1.165) is 65.0 Å². The Bertz CT molecular complexity index is 3220. The molecule has 0 radical (unpaired) electrons. The highest BCUT2D eigenvalue weighted by molar-refractivity contribution is 7.21. The van der Waals surface area contributed by atoms with Crippen LogP contribution < -0.4 is 0 Å². The molecule has 0 atom stereocenters. The summed E-state index contributed by atoms with van der Waals surface area (Å²) in [5, 5.41) is 5.38. The summed E-state index contributed by atoms with van der Waals surface area (Å²) in [4.78, 5) is 20.3. The van der Waals surface area contributed by atoms with Gasteiger partial charge in [-0.25, -0.2) is 19.9 Å². The second kappa shape index (κ2) is 13.2. The van der Waals surface area contributed by atoms with Crippen LogP contribution in [0.2, 0.25) is 0 Å². The van der Waals surface area contributed by atoms with Crippen LogP contribution in [-0.2, 0) is 0 Å². The second-order valence-electron chi connectivity index (χ2n) is 13.8. The first-order valence-corrected chi connectivity index (χ1v) is 19.4. The van der Waals surface area contributed by atoms with E-state index in [1.165, 1.54) is 27.5 Å². The van der Waals surface area contributed by atoms with Crippen molar-refractivity contribution in [2.75, 3.05) is 0 Å². The lowest BCUT2D eigenvalue weighted by atomic mass is 9.97. The molecule has 0 spiro atoms. The Kier molecular flexibility index (Phi) is 7.60. The molecule has 6 heteroatoms. The highest BCUT2D eigenvalue weighted by atomic mass is 32.1. The third kappa shape index (κ3) is 5.63. The first-order valence-electron chi connectivity index (χ1n) is 18.5. The summed E-state index contributed by atoms with van der Waals surface area (Å²) in [5.41, 5.74) is 11.0. The summed E-state index contributed by atoms with van der Waals surface area (Å²) in [5.74, 6) is 1.81. The molecule has 3 heterocycles. The fourth-order valence-electron chi connectivity index (χ4n) is 7.61. The van der Waals surface area contributed by atoms with E-state index in [-0.39, 0.29) is 0 Å². The molecule has 11 aromatic rings. The van der Waals surface area contributed by atoms with E-state index in [9.17, 15) is 0 Å². The van der Waals surface area contributed by atoms with Gasteiger partial charge in [0, 0.05) is 39.1 Å². The molecule has 0 fully saturated rings. The molecule has 0 saturated heterocycles. The van der Waals surface area contributed by atoms with Gasteiger partial charge < -0.3 is 4.42 Å². The normalized spacial score (nSPS) is 11.6. The zero-order valence-electron chi connectivity index (χ0n) is 29.9. The molecule has 0 aliphatic heterocycles. The Hall–Kier alpha value is -7.28. The standard InChI is InChI=1S/C50H30N4OS/c1-3-11-31(12-4-1)32-21-27-37(28-22-32)50-51-42-30-44-41(29-45(42)56-50)46-40(19-10-20-43(46)55-44)49-53-47(35-14-5-2-6-15-35)52-48(54-49)36-25-23-34(24-26-36)39-18-9-16-33-13-7-8-17-38(33)39/h1-30H. The minimum atomic E-state index is 0.587. The molecule has 0 amide bonds. The van der Waals surface area contributed by atoms with Crippen LogP contribution in [0.3, 0.4) is 0 Å². The summed E-state index contributed by atoms with van der Waals surface area (Å²) in [6, 6.07) is 62.9. The summed E-state index contributed by atoms with van der Waals surface area (Å²) in [6.45, 7) is 0. The van der Waals surface area contributed by atoms with Crippen molar-refractivity contribution < 1.29 is 4.42 Å². The number of hydrogen-bond donors (Lipinski definition) is 0. The number of fused-ring (bicyclic) bond motifs is 5. The highest BCUT2D eigenvalue weighted by Crippen LogP contribution is 2.41. The molecule has 8 aromatic carbocycles. The molecule has 11 rings (SSSR count). The average molecular weight is 735 g/mol. The topological polar surface area (TPSA) is 64.7 Å². The monoisotopic (exact) mass is 734 g/mol. The fourth-order valence-corrected chi connectivity index (χ4v) is 8.60. The zero-order chi connectivity index (χ0) is 37.0. The van der Waals surface area contributed by atoms with E-state index in [1.54, 1.807) is 11.3 Å². The van der Waals surface area contributed by atoms with Crippen molar-refractivity contribution in [2.24, 2.45) is 0 Å². The number of furan rings is 1. The lowest BCUT2D eigenvalue weighted by molar-refractivity contribution is 0.669. The van der Waals surface area contributed by atoms with Crippen LogP contribution in [0.25, 0.3) is 110 Å². The first kappa shape index (κ1) is 32.2. The molecule has 0 unspecified atom stereocenters. The van der Waals surface area contributed by atoms with E-state index in [4.69, 9.17) is 24.4 Å². The molecule has 56 heavy (non-hydrogen) atoms. The van der Waals surface area contributed by atoms with Gasteiger partial charge in [0.25, 0.3) is 0 Å². The number of thiazole rings is 1. The van der Waals surface area contributed by atoms with E-state index >= 15 is 0 Å². The van der Waals surface area contributed by atoms with Crippen LogP contribution >= 0.6 is 11.3 Å². The maximum atomic E-state index is 6.51. The molecule has 262 valence electrons. The largest absolute Gasteiger partial charge is 0.456 e. The van der Waals surface area contributed by atoms with E-state index in [0.29, 0.717) is 17.5 Å². The highest BCUT2D eigenvalue weighted by Gasteiger charge is 2.20. The number of hydrogen-bond acceptors (Lipinski definition) is 6. The Balaban J connectivity index is 1.02. The maximum Gasteiger partial charge on any atom is 0.164 e. The van der Waals surface area contributed by atoms with Crippen LogP contribution in [0.1, 0.15) is 0 Å². The van der Waals surface area contributed by atoms with Gasteiger partial charge in [0.15, 0.2) is 17.5 Å². The maximum absolute atomic E-state index is 6.51. The van der Waals surface area contributed by atoms with Crippen molar-refractivity contribution in [3.05, 3.63) is 182 Å². The average Bonchev–Trinajstić information content (AvgIpc) is 3.86. The molecular weight excluding hydrogens is 705 g/mol. The van der Waals surface area contributed by atoms with Gasteiger partial charge >= 0.3 is 0 Å². The summed E-state index contributed by atoms with van der Waals surface area (Å²) < 4.78 is 7.60. The Morgan fingerprint density at radius 1 is 0.375 bits per heavy atom. The summed E-state index contributed by atoms with van der Waals surface area (Å²) in [7, 11) is 0. The molecule has 0 bridgehead atoms. The van der Waals surface area contributed by atoms with Crippen molar-refractivity contribution in [1.29, 1.82) is 0 Å². The van der Waals surface area contributed by atoms with Crippen molar-refractivity contribution >= 4 is 54.3 Å². The zero-order valence-corrected chi connectivity index (χ0v) is 30.7. The number of benzene rings is 8. The lowest BCUT2D eigenvalue weighted by Gasteiger charge is -2.10. The summed E-state index contributed by atoms with van der Waals surface area (Å²) >= 11 is 1.69. The Morgan fingerprint density at radius 2 is 0.946 bits per heavy atom. The molecule has 0 N–H and O–H groups in total. The van der Waals surface area contributed by atoms with Crippen LogP contribution in [0.5, 0.6) is 0 Å². The van der Waals surface area contributed by atoms with Crippen LogP contribution in [0, 0.1) is 0 Å². The van der Waals surface area contributed by atoms with Gasteiger partial charge in [0.05, 0.1) is 10.2 Å². The number of nitrogens with zero attached hydrogens (tertiary/aromatic N) is 4.